The first-order valence-corrected chi connectivity index (χ1v) is 12.6. The Morgan fingerprint density at radius 3 is 2.47 bits per heavy atom. The zero-order valence-electron chi connectivity index (χ0n) is 21.0. The first-order chi connectivity index (χ1) is 17.3. The number of hydrogen-bond acceptors (Lipinski definition) is 8. The third-order valence-corrected chi connectivity index (χ3v) is 7.01. The maximum absolute atomic E-state index is 10.5. The fourth-order valence-corrected chi connectivity index (χ4v) is 4.70. The summed E-state index contributed by atoms with van der Waals surface area (Å²) in [7, 11) is 2.16. The molecule has 4 aromatic rings. The molecule has 0 radical (unpaired) electrons. The van der Waals surface area contributed by atoms with Crippen molar-refractivity contribution in [3.8, 4) is 5.82 Å². The van der Waals surface area contributed by atoms with Crippen LogP contribution in [0.15, 0.2) is 48.8 Å². The average molecular weight is 485 g/mol. The molecule has 0 unspecified atom stereocenters. The van der Waals surface area contributed by atoms with E-state index in [2.05, 4.69) is 48.8 Å². The van der Waals surface area contributed by atoms with Crippen LogP contribution in [0, 0.1) is 0 Å². The number of nitrogens with one attached hydrogen (secondary N) is 1. The van der Waals surface area contributed by atoms with E-state index in [-0.39, 0.29) is 0 Å². The summed E-state index contributed by atoms with van der Waals surface area (Å²) in [6.45, 7) is 7.64. The van der Waals surface area contributed by atoms with Crippen molar-refractivity contribution >= 4 is 28.5 Å². The van der Waals surface area contributed by atoms with Crippen LogP contribution in [0.3, 0.4) is 0 Å². The molecule has 0 atom stereocenters. The fraction of sp³-hybridized carbons (Fsp3) is 0.407. The lowest BCUT2D eigenvalue weighted by molar-refractivity contribution is 0.0738. The van der Waals surface area contributed by atoms with Crippen LogP contribution in [-0.4, -0.2) is 67.7 Å². The summed E-state index contributed by atoms with van der Waals surface area (Å²) >= 11 is 0. The van der Waals surface area contributed by atoms with Gasteiger partial charge in [0.1, 0.15) is 17.2 Å². The van der Waals surface area contributed by atoms with Gasteiger partial charge in [0.2, 0.25) is 5.95 Å². The van der Waals surface area contributed by atoms with Crippen LogP contribution in [0.5, 0.6) is 0 Å². The summed E-state index contributed by atoms with van der Waals surface area (Å²) in [6.07, 6.45) is 6.07. The van der Waals surface area contributed by atoms with Crippen LogP contribution >= 0.6 is 0 Å². The van der Waals surface area contributed by atoms with Crippen LogP contribution in [-0.2, 0) is 5.60 Å². The number of pyridine rings is 2. The Hall–Kier alpha value is -3.56. The van der Waals surface area contributed by atoms with Crippen LogP contribution in [0.25, 0.3) is 16.9 Å². The van der Waals surface area contributed by atoms with Gasteiger partial charge in [-0.05, 0) is 70.0 Å². The van der Waals surface area contributed by atoms with Gasteiger partial charge in [-0.3, -0.25) is 4.57 Å². The molecule has 0 spiro atoms. The molecule has 1 saturated carbocycles. The summed E-state index contributed by atoms with van der Waals surface area (Å²) in [5.74, 6) is 2.44. The Balaban J connectivity index is 1.31. The van der Waals surface area contributed by atoms with Gasteiger partial charge in [0.25, 0.3) is 0 Å². The van der Waals surface area contributed by atoms with E-state index in [0.29, 0.717) is 23.4 Å². The highest BCUT2D eigenvalue weighted by Crippen LogP contribution is 2.43. The summed E-state index contributed by atoms with van der Waals surface area (Å²) < 4.78 is 2.11. The number of aliphatic hydroxyl groups is 1. The summed E-state index contributed by atoms with van der Waals surface area (Å²) in [5.41, 5.74) is 2.71. The molecule has 1 aliphatic carbocycles. The largest absolute Gasteiger partial charge is 0.384 e. The predicted octanol–water partition coefficient (Wildman–Crippen LogP) is 3.81. The normalized spacial score (nSPS) is 17.1. The van der Waals surface area contributed by atoms with Gasteiger partial charge in [-0.25, -0.2) is 15.0 Å². The maximum atomic E-state index is 10.5. The minimum Gasteiger partial charge on any atom is -0.384 e. The molecular formula is C27H32N8O. The molecular weight excluding hydrogens is 452 g/mol. The van der Waals surface area contributed by atoms with Crippen molar-refractivity contribution in [3.05, 3.63) is 60.2 Å². The van der Waals surface area contributed by atoms with Crippen molar-refractivity contribution < 1.29 is 5.11 Å². The molecule has 36 heavy (non-hydrogen) atoms. The molecule has 9 heteroatoms. The molecule has 0 aromatic carbocycles. The van der Waals surface area contributed by atoms with E-state index < -0.39 is 5.60 Å². The van der Waals surface area contributed by atoms with E-state index >= 15 is 0 Å². The lowest BCUT2D eigenvalue weighted by atomic mass is 10.1. The Labute approximate surface area is 210 Å². The Kier molecular flexibility index (Phi) is 5.61. The quantitative estimate of drug-likeness (QED) is 0.427. The Morgan fingerprint density at radius 1 is 0.972 bits per heavy atom. The number of nitrogens with zero attached hydrogens (tertiary/aromatic N) is 7. The molecule has 9 nitrogen and oxygen atoms in total. The van der Waals surface area contributed by atoms with Crippen molar-refractivity contribution in [2.75, 3.05) is 43.4 Å². The second-order valence-electron chi connectivity index (χ2n) is 10.4. The highest BCUT2D eigenvalue weighted by molar-refractivity contribution is 5.80. The van der Waals surface area contributed by atoms with Crippen LogP contribution in [0.1, 0.15) is 44.0 Å². The van der Waals surface area contributed by atoms with E-state index in [4.69, 9.17) is 9.97 Å². The van der Waals surface area contributed by atoms with Crippen LogP contribution < -0.4 is 10.2 Å². The van der Waals surface area contributed by atoms with Gasteiger partial charge in [0.15, 0.2) is 5.65 Å². The van der Waals surface area contributed by atoms with Gasteiger partial charge in [-0.2, -0.15) is 4.98 Å². The van der Waals surface area contributed by atoms with Crippen LogP contribution in [0.4, 0.5) is 17.5 Å². The number of likely N-dealkylation sites (N-methyl/N-ethyl adjacent to an activating group) is 1. The highest BCUT2D eigenvalue weighted by atomic mass is 16.3. The van der Waals surface area contributed by atoms with E-state index in [1.54, 1.807) is 13.8 Å². The smallest absolute Gasteiger partial charge is 0.230 e. The highest BCUT2D eigenvalue weighted by Gasteiger charge is 2.30. The molecule has 1 aliphatic heterocycles. The van der Waals surface area contributed by atoms with Gasteiger partial charge < -0.3 is 20.2 Å². The molecule has 2 N–H and O–H groups in total. The van der Waals surface area contributed by atoms with E-state index in [9.17, 15) is 5.11 Å². The number of piperazine rings is 1. The standard InChI is InChI=1S/C27H32N8O/c1-27(2,36)22-5-4-6-24(30-22)35-21(18-7-8-18)15-19-16-29-26(32-25(19)35)31-23-10-9-20(17-28-23)34-13-11-33(3)12-14-34/h4-6,9-10,15-18,36H,7-8,11-14H2,1-3H3,(H,28,29,31,32). The molecule has 186 valence electrons. The fourth-order valence-electron chi connectivity index (χ4n) is 4.70. The van der Waals surface area contributed by atoms with Gasteiger partial charge in [-0.15, -0.1) is 0 Å². The molecule has 0 bridgehead atoms. The second kappa shape index (κ2) is 8.83. The van der Waals surface area contributed by atoms with Crippen molar-refractivity contribution in [2.45, 2.75) is 38.2 Å². The molecule has 1 saturated heterocycles. The van der Waals surface area contributed by atoms with Crippen molar-refractivity contribution in [1.82, 2.24) is 29.4 Å². The number of anilines is 3. The third kappa shape index (κ3) is 4.52. The molecule has 4 aromatic heterocycles. The number of fused-ring (bicyclic) bond motifs is 1. The molecule has 2 fully saturated rings. The summed E-state index contributed by atoms with van der Waals surface area (Å²) in [5, 5.41) is 14.8. The van der Waals surface area contributed by atoms with E-state index in [1.165, 1.54) is 5.69 Å². The average Bonchev–Trinajstić information content (AvgIpc) is 3.65. The Morgan fingerprint density at radius 2 is 1.78 bits per heavy atom. The van der Waals surface area contributed by atoms with Gasteiger partial charge >= 0.3 is 0 Å². The number of hydrogen-bond donors (Lipinski definition) is 2. The van der Waals surface area contributed by atoms with Gasteiger partial charge in [-0.1, -0.05) is 6.07 Å². The molecule has 0 amide bonds. The first-order valence-electron chi connectivity index (χ1n) is 12.6. The topological polar surface area (TPSA) is 95.2 Å². The van der Waals surface area contributed by atoms with Crippen molar-refractivity contribution in [2.24, 2.45) is 0 Å². The number of rotatable bonds is 6. The maximum Gasteiger partial charge on any atom is 0.230 e. The first kappa shape index (κ1) is 22.9. The SMILES string of the molecule is CN1CCN(c2ccc(Nc3ncc4cc(C5CC5)n(-c5cccc(C(C)(C)O)n5)c4n3)nc2)CC1. The minimum absolute atomic E-state index is 0.489. The summed E-state index contributed by atoms with van der Waals surface area (Å²) in [4.78, 5) is 23.5. The summed E-state index contributed by atoms with van der Waals surface area (Å²) in [6, 6.07) is 12.0. The lowest BCUT2D eigenvalue weighted by Gasteiger charge is -2.33. The van der Waals surface area contributed by atoms with Gasteiger partial charge in [0, 0.05) is 43.5 Å². The molecule has 6 rings (SSSR count). The monoisotopic (exact) mass is 484 g/mol. The molecule has 5 heterocycles. The van der Waals surface area contributed by atoms with Gasteiger partial charge in [0.05, 0.1) is 17.6 Å². The van der Waals surface area contributed by atoms with Crippen molar-refractivity contribution in [3.63, 3.8) is 0 Å². The van der Waals surface area contributed by atoms with Crippen molar-refractivity contribution in [1.29, 1.82) is 0 Å². The lowest BCUT2D eigenvalue weighted by Crippen LogP contribution is -2.44. The Bertz CT molecular complexity index is 1380. The second-order valence-corrected chi connectivity index (χ2v) is 10.4. The third-order valence-electron chi connectivity index (χ3n) is 7.01. The zero-order valence-corrected chi connectivity index (χ0v) is 21.0. The number of aromatic nitrogens is 5. The predicted molar refractivity (Wildman–Crippen MR) is 141 cm³/mol. The van der Waals surface area contributed by atoms with Crippen LogP contribution in [0.2, 0.25) is 0 Å². The minimum atomic E-state index is -1.03. The van der Waals surface area contributed by atoms with E-state index in [0.717, 1.165) is 61.6 Å². The molecule has 2 aliphatic rings. The van der Waals surface area contributed by atoms with E-state index in [1.807, 2.05) is 36.7 Å². The zero-order chi connectivity index (χ0) is 24.9.